The smallest absolute Gasteiger partial charge is 0.108 e. The molecule has 1 saturated carbocycles. The molecule has 0 radical (unpaired) electrons. The van der Waals surface area contributed by atoms with Crippen LogP contribution >= 0.6 is 22.6 Å². The Morgan fingerprint density at radius 1 is 0.929 bits per heavy atom. The number of hydrogen-bond donors (Lipinski definition) is 0. The molecule has 2 fully saturated rings. The van der Waals surface area contributed by atoms with Crippen LogP contribution in [0.15, 0.2) is 0 Å². The summed E-state index contributed by atoms with van der Waals surface area (Å²) < 4.78 is 6.25. The summed E-state index contributed by atoms with van der Waals surface area (Å²) in [5, 5.41) is 0. The summed E-state index contributed by atoms with van der Waals surface area (Å²) >= 11 is 2.42. The quantitative estimate of drug-likeness (QED) is 0.525. The van der Waals surface area contributed by atoms with Gasteiger partial charge in [-0.2, -0.15) is 0 Å². The molecule has 0 bridgehead atoms. The van der Waals surface area contributed by atoms with Crippen LogP contribution in [-0.2, 0) is 4.74 Å². The molecule has 0 aromatic rings. The zero-order chi connectivity index (χ0) is 9.97. The fraction of sp³-hybridized carbons (Fsp3) is 1.00. The Kier molecular flexibility index (Phi) is 4.11. The Bertz CT molecular complexity index is 147. The lowest BCUT2D eigenvalue weighted by molar-refractivity contribution is 0.00984. The van der Waals surface area contributed by atoms with E-state index >= 15 is 0 Å². The van der Waals surface area contributed by atoms with Crippen molar-refractivity contribution in [3.05, 3.63) is 0 Å². The second kappa shape index (κ2) is 5.15. The van der Waals surface area contributed by atoms with Gasteiger partial charge in [0.15, 0.2) is 0 Å². The molecule has 2 unspecified atom stereocenters. The largest absolute Gasteiger partial charge is 0.368 e. The van der Waals surface area contributed by atoms with E-state index in [1.807, 2.05) is 0 Å². The molecule has 1 nitrogen and oxygen atoms in total. The van der Waals surface area contributed by atoms with E-state index in [2.05, 4.69) is 29.5 Å². The molecule has 0 aromatic heterocycles. The molecule has 0 amide bonds. The van der Waals surface area contributed by atoms with Crippen LogP contribution in [0, 0.1) is 17.8 Å². The third-order valence-electron chi connectivity index (χ3n) is 3.98. The Morgan fingerprint density at radius 3 is 2.14 bits per heavy atom. The second-order valence-corrected chi connectivity index (χ2v) is 6.49. The van der Waals surface area contributed by atoms with E-state index < -0.39 is 0 Å². The predicted molar refractivity (Wildman–Crippen MR) is 67.6 cm³/mol. The van der Waals surface area contributed by atoms with Crippen molar-refractivity contribution in [2.45, 2.75) is 49.6 Å². The van der Waals surface area contributed by atoms with Crippen LogP contribution < -0.4 is 0 Å². The lowest BCUT2D eigenvalue weighted by Gasteiger charge is -2.36. The first-order chi connectivity index (χ1) is 6.75. The van der Waals surface area contributed by atoms with Crippen LogP contribution in [0.2, 0.25) is 0 Å². The Morgan fingerprint density at radius 2 is 1.57 bits per heavy atom. The Labute approximate surface area is 101 Å². The fourth-order valence-corrected chi connectivity index (χ4v) is 3.44. The summed E-state index contributed by atoms with van der Waals surface area (Å²) in [6, 6.07) is 0. The van der Waals surface area contributed by atoms with Crippen LogP contribution in [0.1, 0.15) is 45.4 Å². The Balaban J connectivity index is 1.78. The van der Waals surface area contributed by atoms with Gasteiger partial charge in [0.05, 0.1) is 6.61 Å². The van der Waals surface area contributed by atoms with E-state index in [9.17, 15) is 0 Å². The van der Waals surface area contributed by atoms with Crippen LogP contribution in [0.4, 0.5) is 0 Å². The number of alkyl halides is 1. The van der Waals surface area contributed by atoms with Crippen molar-refractivity contribution in [3.8, 4) is 0 Å². The van der Waals surface area contributed by atoms with Crippen molar-refractivity contribution in [3.63, 3.8) is 0 Å². The van der Waals surface area contributed by atoms with Gasteiger partial charge in [-0.25, -0.2) is 0 Å². The molecule has 2 heteroatoms. The molecular weight excluding hydrogens is 287 g/mol. The molecular formula is C12H21IO. The highest BCUT2D eigenvalue weighted by atomic mass is 127. The third kappa shape index (κ3) is 2.84. The first-order valence-corrected chi connectivity index (χ1v) is 7.26. The highest BCUT2D eigenvalue weighted by Gasteiger charge is 2.29. The van der Waals surface area contributed by atoms with Crippen LogP contribution in [0.25, 0.3) is 0 Å². The van der Waals surface area contributed by atoms with E-state index in [1.165, 1.54) is 38.5 Å². The van der Waals surface area contributed by atoms with Gasteiger partial charge in [0, 0.05) is 0 Å². The standard InChI is InChI=1S/C12H21IO/c1-9-2-4-10(5-3-9)11-6-7-12(13)14-8-11/h9-12H,2-8H2,1H3. The molecule has 1 aliphatic heterocycles. The summed E-state index contributed by atoms with van der Waals surface area (Å²) in [5.41, 5.74) is 0. The van der Waals surface area contributed by atoms with Gasteiger partial charge in [-0.15, -0.1) is 0 Å². The predicted octanol–water partition coefficient (Wildman–Crippen LogP) is 4.00. The minimum Gasteiger partial charge on any atom is -0.368 e. The van der Waals surface area contributed by atoms with Crippen molar-refractivity contribution in [2.75, 3.05) is 6.61 Å². The maximum atomic E-state index is 5.76. The van der Waals surface area contributed by atoms with Crippen LogP contribution in [0.3, 0.4) is 0 Å². The number of halogens is 1. The zero-order valence-electron chi connectivity index (χ0n) is 9.05. The van der Waals surface area contributed by atoms with Crippen LogP contribution in [-0.4, -0.2) is 10.7 Å². The first-order valence-electron chi connectivity index (χ1n) is 6.01. The summed E-state index contributed by atoms with van der Waals surface area (Å²) in [6.45, 7) is 3.43. The van der Waals surface area contributed by atoms with Crippen molar-refractivity contribution in [2.24, 2.45) is 17.8 Å². The van der Waals surface area contributed by atoms with Gasteiger partial charge in [-0.05, 0) is 43.4 Å². The van der Waals surface area contributed by atoms with Crippen LogP contribution in [0.5, 0.6) is 0 Å². The molecule has 1 saturated heterocycles. The molecule has 0 spiro atoms. The molecule has 1 heterocycles. The van der Waals surface area contributed by atoms with E-state index in [-0.39, 0.29) is 0 Å². The summed E-state index contributed by atoms with van der Waals surface area (Å²) in [4.78, 5) is 0. The van der Waals surface area contributed by atoms with Crippen molar-refractivity contribution in [1.82, 2.24) is 0 Å². The van der Waals surface area contributed by atoms with E-state index in [4.69, 9.17) is 4.74 Å². The molecule has 0 N–H and O–H groups in total. The fourth-order valence-electron chi connectivity index (χ4n) is 2.87. The summed E-state index contributed by atoms with van der Waals surface area (Å²) in [7, 11) is 0. The Hall–Kier alpha value is 0.690. The van der Waals surface area contributed by atoms with Gasteiger partial charge in [-0.1, -0.05) is 42.4 Å². The third-order valence-corrected chi connectivity index (χ3v) is 4.97. The van der Waals surface area contributed by atoms with E-state index in [1.54, 1.807) is 0 Å². The molecule has 2 atom stereocenters. The second-order valence-electron chi connectivity index (χ2n) is 5.10. The summed E-state index contributed by atoms with van der Waals surface area (Å²) in [6.07, 6.45) is 8.51. The van der Waals surface area contributed by atoms with Gasteiger partial charge in [-0.3, -0.25) is 0 Å². The average molecular weight is 308 g/mol. The van der Waals surface area contributed by atoms with E-state index in [0.29, 0.717) is 4.11 Å². The van der Waals surface area contributed by atoms with Crippen molar-refractivity contribution in [1.29, 1.82) is 0 Å². The normalized spacial score (nSPS) is 45.0. The molecule has 1 aliphatic carbocycles. The number of hydrogen-bond acceptors (Lipinski definition) is 1. The first kappa shape index (κ1) is 11.2. The molecule has 14 heavy (non-hydrogen) atoms. The number of ether oxygens (including phenoxy) is 1. The maximum Gasteiger partial charge on any atom is 0.108 e. The topological polar surface area (TPSA) is 9.23 Å². The lowest BCUT2D eigenvalue weighted by atomic mass is 9.75. The van der Waals surface area contributed by atoms with Crippen molar-refractivity contribution < 1.29 is 4.74 Å². The SMILES string of the molecule is CC1CCC(C2CCC(I)OC2)CC1. The highest BCUT2D eigenvalue weighted by Crippen LogP contribution is 2.37. The van der Waals surface area contributed by atoms with Gasteiger partial charge in [0.2, 0.25) is 0 Å². The highest BCUT2D eigenvalue weighted by molar-refractivity contribution is 14.1. The van der Waals surface area contributed by atoms with Gasteiger partial charge >= 0.3 is 0 Å². The average Bonchev–Trinajstić information content (AvgIpc) is 2.21. The van der Waals surface area contributed by atoms with Crippen molar-refractivity contribution >= 4 is 22.6 Å². The number of rotatable bonds is 1. The minimum absolute atomic E-state index is 0.492. The zero-order valence-corrected chi connectivity index (χ0v) is 11.2. The van der Waals surface area contributed by atoms with Gasteiger partial charge in [0.25, 0.3) is 0 Å². The molecule has 2 aliphatic rings. The summed E-state index contributed by atoms with van der Waals surface area (Å²) in [5.74, 6) is 2.84. The minimum atomic E-state index is 0.492. The molecule has 82 valence electrons. The van der Waals surface area contributed by atoms with Gasteiger partial charge < -0.3 is 4.74 Å². The monoisotopic (exact) mass is 308 g/mol. The molecule has 0 aromatic carbocycles. The van der Waals surface area contributed by atoms with Gasteiger partial charge in [0.1, 0.15) is 4.11 Å². The maximum absolute atomic E-state index is 5.76. The molecule has 2 rings (SSSR count). The lowest BCUT2D eigenvalue weighted by Crippen LogP contribution is -2.30. The van der Waals surface area contributed by atoms with E-state index in [0.717, 1.165) is 24.4 Å².